The molecule has 23 heavy (non-hydrogen) atoms. The van der Waals surface area contributed by atoms with Gasteiger partial charge in [0.25, 0.3) is 0 Å². The van der Waals surface area contributed by atoms with Gasteiger partial charge in [-0.05, 0) is 64.7 Å². The Morgan fingerprint density at radius 3 is 2.04 bits per heavy atom. The van der Waals surface area contributed by atoms with E-state index < -0.39 is 0 Å². The van der Waals surface area contributed by atoms with Crippen LogP contribution in [0.4, 0.5) is 0 Å². The van der Waals surface area contributed by atoms with Gasteiger partial charge in [-0.15, -0.1) is 9.24 Å². The maximum Gasteiger partial charge on any atom is -0.0109 e. The molecule has 1 heteroatoms. The predicted molar refractivity (Wildman–Crippen MR) is 105 cm³/mol. The monoisotopic (exact) mass is 324 g/mol. The molecule has 0 spiro atoms. The molecule has 122 valence electrons. The van der Waals surface area contributed by atoms with Gasteiger partial charge in [0.1, 0.15) is 0 Å². The van der Waals surface area contributed by atoms with E-state index in [4.69, 9.17) is 0 Å². The summed E-state index contributed by atoms with van der Waals surface area (Å²) in [5.74, 6) is 1.61. The van der Waals surface area contributed by atoms with E-state index in [0.29, 0.717) is 0 Å². The molecule has 0 aliphatic heterocycles. The minimum Gasteiger partial charge on any atom is -0.105 e. The lowest BCUT2D eigenvalue weighted by molar-refractivity contribution is 0.420. The van der Waals surface area contributed by atoms with Crippen LogP contribution in [-0.2, 0) is 0 Å². The summed E-state index contributed by atoms with van der Waals surface area (Å²) in [6.45, 7) is 0. The van der Waals surface area contributed by atoms with Gasteiger partial charge in [-0.1, -0.05) is 68.9 Å². The van der Waals surface area contributed by atoms with Gasteiger partial charge in [0, 0.05) is 0 Å². The average Bonchev–Trinajstić information content (AvgIpc) is 2.63. The Hall–Kier alpha value is -0.870. The molecule has 2 saturated carbocycles. The summed E-state index contributed by atoms with van der Waals surface area (Å²) in [6.07, 6.45) is 14.2. The van der Waals surface area contributed by atoms with E-state index in [0.717, 1.165) is 11.8 Å². The molecule has 2 aromatic rings. The largest absolute Gasteiger partial charge is 0.105 e. The molecule has 0 radical (unpaired) electrons. The fraction of sp³-hybridized carbons (Fsp3) is 0.545. The second kappa shape index (κ2) is 6.94. The zero-order valence-corrected chi connectivity index (χ0v) is 15.3. The van der Waals surface area contributed by atoms with Crippen LogP contribution in [0.3, 0.4) is 0 Å². The molecule has 2 aromatic carbocycles. The van der Waals surface area contributed by atoms with E-state index in [1.807, 2.05) is 0 Å². The Labute approximate surface area is 143 Å². The molecule has 0 N–H and O–H groups in total. The zero-order chi connectivity index (χ0) is 15.6. The minimum atomic E-state index is 0.804. The van der Waals surface area contributed by atoms with Gasteiger partial charge < -0.3 is 0 Å². The Bertz CT molecular complexity index is 676. The first-order valence-corrected chi connectivity index (χ1v) is 10.2. The van der Waals surface area contributed by atoms with Gasteiger partial charge in [-0.25, -0.2) is 0 Å². The third-order valence-electron chi connectivity index (χ3n) is 6.22. The SMILES string of the molecule is Pc1c(C2CCCCC2)c(C2CCCCC2)cc2ccccc12. The predicted octanol–water partition coefficient (Wildman–Crippen LogP) is 6.44. The van der Waals surface area contributed by atoms with Crippen molar-refractivity contribution < 1.29 is 0 Å². The van der Waals surface area contributed by atoms with Crippen LogP contribution in [0, 0.1) is 0 Å². The summed E-state index contributed by atoms with van der Waals surface area (Å²) in [5.41, 5.74) is 3.43. The highest BCUT2D eigenvalue weighted by Crippen LogP contribution is 2.42. The quantitative estimate of drug-likeness (QED) is 0.558. The second-order valence-corrected chi connectivity index (χ2v) is 8.26. The summed E-state index contributed by atoms with van der Waals surface area (Å²) >= 11 is 0. The normalized spacial score (nSPS) is 20.9. The van der Waals surface area contributed by atoms with Gasteiger partial charge >= 0.3 is 0 Å². The fourth-order valence-corrected chi connectivity index (χ4v) is 5.68. The first kappa shape index (κ1) is 15.6. The summed E-state index contributed by atoms with van der Waals surface area (Å²) in [6, 6.07) is 11.6. The van der Waals surface area contributed by atoms with Crippen molar-refractivity contribution in [2.24, 2.45) is 0 Å². The lowest BCUT2D eigenvalue weighted by atomic mass is 9.75. The Balaban J connectivity index is 1.86. The highest BCUT2D eigenvalue weighted by atomic mass is 31.0. The van der Waals surface area contributed by atoms with Crippen molar-refractivity contribution >= 4 is 25.3 Å². The molecule has 4 rings (SSSR count). The van der Waals surface area contributed by atoms with E-state index >= 15 is 0 Å². The van der Waals surface area contributed by atoms with Crippen LogP contribution in [0.25, 0.3) is 10.8 Å². The molecule has 0 amide bonds. The van der Waals surface area contributed by atoms with Gasteiger partial charge in [-0.2, -0.15) is 0 Å². The van der Waals surface area contributed by atoms with Crippen molar-refractivity contribution in [3.63, 3.8) is 0 Å². The van der Waals surface area contributed by atoms with Crippen molar-refractivity contribution in [3.05, 3.63) is 41.5 Å². The van der Waals surface area contributed by atoms with Gasteiger partial charge in [-0.3, -0.25) is 0 Å². The molecule has 0 heterocycles. The fourth-order valence-electron chi connectivity index (χ4n) is 5.01. The van der Waals surface area contributed by atoms with Crippen molar-refractivity contribution in [2.75, 3.05) is 0 Å². The second-order valence-electron chi connectivity index (χ2n) is 7.68. The summed E-state index contributed by atoms with van der Waals surface area (Å²) in [5, 5.41) is 4.41. The molecule has 2 fully saturated rings. The highest BCUT2D eigenvalue weighted by molar-refractivity contribution is 7.28. The molecule has 2 aliphatic carbocycles. The first-order chi connectivity index (χ1) is 11.3. The van der Waals surface area contributed by atoms with E-state index in [1.54, 1.807) is 11.1 Å². The minimum absolute atomic E-state index is 0.804. The summed E-state index contributed by atoms with van der Waals surface area (Å²) in [7, 11) is 3.13. The molecule has 0 aromatic heterocycles. The topological polar surface area (TPSA) is 0 Å². The van der Waals surface area contributed by atoms with Crippen LogP contribution in [0.2, 0.25) is 0 Å². The van der Waals surface area contributed by atoms with Crippen LogP contribution >= 0.6 is 9.24 Å². The maximum absolute atomic E-state index is 3.13. The molecule has 2 aliphatic rings. The average molecular weight is 324 g/mol. The lowest BCUT2D eigenvalue weighted by Crippen LogP contribution is -2.19. The number of fused-ring (bicyclic) bond motifs is 1. The Morgan fingerprint density at radius 2 is 1.35 bits per heavy atom. The molecule has 0 bridgehead atoms. The van der Waals surface area contributed by atoms with Crippen LogP contribution in [0.1, 0.15) is 87.2 Å². The molecular weight excluding hydrogens is 295 g/mol. The lowest BCUT2D eigenvalue weighted by Gasteiger charge is -2.31. The van der Waals surface area contributed by atoms with Crippen molar-refractivity contribution in [3.8, 4) is 0 Å². The van der Waals surface area contributed by atoms with Crippen molar-refractivity contribution in [2.45, 2.75) is 76.0 Å². The molecule has 0 nitrogen and oxygen atoms in total. The molecular formula is C22H29P. The van der Waals surface area contributed by atoms with E-state index in [-0.39, 0.29) is 0 Å². The van der Waals surface area contributed by atoms with E-state index in [2.05, 4.69) is 39.6 Å². The number of rotatable bonds is 2. The third-order valence-corrected chi connectivity index (χ3v) is 6.84. The molecule has 0 saturated heterocycles. The van der Waals surface area contributed by atoms with Crippen LogP contribution in [-0.4, -0.2) is 0 Å². The van der Waals surface area contributed by atoms with Crippen molar-refractivity contribution in [1.29, 1.82) is 0 Å². The molecule has 1 unspecified atom stereocenters. The van der Waals surface area contributed by atoms with E-state index in [9.17, 15) is 0 Å². The van der Waals surface area contributed by atoms with Crippen LogP contribution < -0.4 is 5.30 Å². The first-order valence-electron chi connectivity index (χ1n) is 9.65. The molecule has 1 atom stereocenters. The summed E-state index contributed by atoms with van der Waals surface area (Å²) in [4.78, 5) is 0. The van der Waals surface area contributed by atoms with E-state index in [1.165, 1.54) is 80.3 Å². The number of benzene rings is 2. The summed E-state index contributed by atoms with van der Waals surface area (Å²) < 4.78 is 0. The third kappa shape index (κ3) is 3.08. The maximum atomic E-state index is 3.13. The van der Waals surface area contributed by atoms with Gasteiger partial charge in [0.05, 0.1) is 0 Å². The van der Waals surface area contributed by atoms with Crippen molar-refractivity contribution in [1.82, 2.24) is 0 Å². The number of hydrogen-bond acceptors (Lipinski definition) is 0. The Kier molecular flexibility index (Phi) is 4.72. The van der Waals surface area contributed by atoms with Crippen LogP contribution in [0.15, 0.2) is 30.3 Å². The number of hydrogen-bond donors (Lipinski definition) is 0. The smallest absolute Gasteiger partial charge is 0.0109 e. The van der Waals surface area contributed by atoms with Crippen LogP contribution in [0.5, 0.6) is 0 Å². The Morgan fingerprint density at radius 1 is 0.739 bits per heavy atom. The standard InChI is InChI=1S/C22H29P/c23-22-19-14-8-7-13-18(19)15-20(16-9-3-1-4-10-16)21(22)17-11-5-2-6-12-17/h7-8,13-17H,1-6,9-12,23H2. The highest BCUT2D eigenvalue weighted by Gasteiger charge is 2.26. The van der Waals surface area contributed by atoms with Gasteiger partial charge in [0.2, 0.25) is 0 Å². The van der Waals surface area contributed by atoms with Gasteiger partial charge in [0.15, 0.2) is 0 Å². The zero-order valence-electron chi connectivity index (χ0n) is 14.2.